The van der Waals surface area contributed by atoms with Gasteiger partial charge < -0.3 is 9.63 Å². The molecule has 6 nitrogen and oxygen atoms in total. The number of carboxylic acids is 1. The van der Waals surface area contributed by atoms with Gasteiger partial charge in [-0.25, -0.2) is 8.78 Å². The molecule has 0 bridgehead atoms. The van der Waals surface area contributed by atoms with Crippen LogP contribution in [0.5, 0.6) is 0 Å². The summed E-state index contributed by atoms with van der Waals surface area (Å²) in [6, 6.07) is 11.1. The van der Waals surface area contributed by atoms with E-state index in [9.17, 15) is 22.4 Å². The SMILES string of the molecule is Cc1cc(-c2nc(-c3ccc4c(c3)CN(C3CC(C(=O)O)C3)C4)no2)c(F)cc1-c1cccc(F)c1C(F)(F)F.Cl. The highest BCUT2D eigenvalue weighted by Gasteiger charge is 2.40. The molecule has 0 saturated heterocycles. The number of nitrogens with zero attached hydrogens (tertiary/aromatic N) is 3. The Balaban J connectivity index is 0.00000337. The van der Waals surface area contributed by atoms with Gasteiger partial charge in [-0.3, -0.25) is 9.69 Å². The van der Waals surface area contributed by atoms with E-state index >= 15 is 4.39 Å². The number of hydrogen-bond acceptors (Lipinski definition) is 5. The number of halogens is 6. The summed E-state index contributed by atoms with van der Waals surface area (Å²) >= 11 is 0. The number of alkyl halides is 3. The average Bonchev–Trinajstić information content (AvgIpc) is 3.50. The van der Waals surface area contributed by atoms with Crippen molar-refractivity contribution in [2.45, 2.75) is 45.1 Å². The number of fused-ring (bicyclic) bond motifs is 1. The summed E-state index contributed by atoms with van der Waals surface area (Å²) in [5, 5.41) is 13.1. The van der Waals surface area contributed by atoms with Gasteiger partial charge >= 0.3 is 12.1 Å². The molecular formula is C29H23ClF5N3O3. The molecule has 1 aromatic heterocycles. The fraction of sp³-hybridized carbons (Fsp3) is 0.276. The highest BCUT2D eigenvalue weighted by atomic mass is 35.5. The summed E-state index contributed by atoms with van der Waals surface area (Å²) in [6.45, 7) is 2.89. The minimum Gasteiger partial charge on any atom is -0.481 e. The van der Waals surface area contributed by atoms with Gasteiger partial charge in [0.25, 0.3) is 5.89 Å². The van der Waals surface area contributed by atoms with E-state index in [-0.39, 0.29) is 52.8 Å². The first-order chi connectivity index (χ1) is 19.0. The van der Waals surface area contributed by atoms with E-state index in [0.29, 0.717) is 31.0 Å². The molecular weight excluding hydrogens is 569 g/mol. The van der Waals surface area contributed by atoms with Gasteiger partial charge in [-0.05, 0) is 71.8 Å². The third kappa shape index (κ3) is 5.19. The van der Waals surface area contributed by atoms with E-state index in [1.165, 1.54) is 13.0 Å². The van der Waals surface area contributed by atoms with E-state index in [2.05, 4.69) is 15.0 Å². The van der Waals surface area contributed by atoms with Crippen molar-refractivity contribution in [1.29, 1.82) is 0 Å². The molecule has 41 heavy (non-hydrogen) atoms. The van der Waals surface area contributed by atoms with E-state index in [4.69, 9.17) is 9.63 Å². The highest BCUT2D eigenvalue weighted by molar-refractivity contribution is 5.85. The summed E-state index contributed by atoms with van der Waals surface area (Å²) in [6.07, 6.45) is -3.70. The van der Waals surface area contributed by atoms with Gasteiger partial charge in [0.05, 0.1) is 17.0 Å². The third-order valence-corrected chi connectivity index (χ3v) is 7.75. The van der Waals surface area contributed by atoms with Crippen LogP contribution in [0.1, 0.15) is 35.1 Å². The molecule has 0 spiro atoms. The first kappa shape index (κ1) is 28.7. The first-order valence-electron chi connectivity index (χ1n) is 12.6. The smallest absolute Gasteiger partial charge is 0.419 e. The summed E-state index contributed by atoms with van der Waals surface area (Å²) in [5.41, 5.74) is 0.992. The normalized spacial score (nSPS) is 18.5. The second-order valence-electron chi connectivity index (χ2n) is 10.3. The largest absolute Gasteiger partial charge is 0.481 e. The predicted molar refractivity (Wildman–Crippen MR) is 141 cm³/mol. The maximum Gasteiger partial charge on any atom is 0.419 e. The van der Waals surface area contributed by atoms with Gasteiger partial charge in [0.1, 0.15) is 11.6 Å². The third-order valence-electron chi connectivity index (χ3n) is 7.75. The second-order valence-corrected chi connectivity index (χ2v) is 10.3. The molecule has 4 aromatic rings. The van der Waals surface area contributed by atoms with Crippen LogP contribution in [-0.4, -0.2) is 32.2 Å². The molecule has 6 rings (SSSR count). The van der Waals surface area contributed by atoms with Crippen LogP contribution >= 0.6 is 12.4 Å². The van der Waals surface area contributed by atoms with Crippen molar-refractivity contribution in [1.82, 2.24) is 15.0 Å². The Hall–Kier alpha value is -3.83. The van der Waals surface area contributed by atoms with Gasteiger partial charge in [-0.2, -0.15) is 18.2 Å². The van der Waals surface area contributed by atoms with E-state index in [1.54, 1.807) is 0 Å². The maximum absolute atomic E-state index is 15.2. The van der Waals surface area contributed by atoms with Crippen molar-refractivity contribution in [2.24, 2.45) is 5.92 Å². The van der Waals surface area contributed by atoms with Gasteiger partial charge in [-0.15, -0.1) is 12.4 Å². The van der Waals surface area contributed by atoms with Gasteiger partial charge in [0.15, 0.2) is 0 Å². The van der Waals surface area contributed by atoms with Gasteiger partial charge in [0.2, 0.25) is 5.82 Å². The Labute approximate surface area is 237 Å². The molecule has 0 amide bonds. The predicted octanol–water partition coefficient (Wildman–Crippen LogP) is 7.28. The zero-order valence-corrected chi connectivity index (χ0v) is 22.3. The Morgan fingerprint density at radius 2 is 1.71 bits per heavy atom. The highest BCUT2D eigenvalue weighted by Crippen LogP contribution is 2.41. The fourth-order valence-electron chi connectivity index (χ4n) is 5.53. The van der Waals surface area contributed by atoms with Crippen LogP contribution < -0.4 is 0 Å². The molecule has 0 unspecified atom stereocenters. The molecule has 2 heterocycles. The van der Waals surface area contributed by atoms with Crippen molar-refractivity contribution in [2.75, 3.05) is 0 Å². The lowest BCUT2D eigenvalue weighted by Gasteiger charge is -2.39. The molecule has 12 heteroatoms. The number of aromatic nitrogens is 2. The summed E-state index contributed by atoms with van der Waals surface area (Å²) in [7, 11) is 0. The van der Waals surface area contributed by atoms with Crippen molar-refractivity contribution >= 4 is 18.4 Å². The van der Waals surface area contributed by atoms with Crippen LogP contribution in [0.25, 0.3) is 34.0 Å². The van der Waals surface area contributed by atoms with Gasteiger partial charge in [0, 0.05) is 24.7 Å². The van der Waals surface area contributed by atoms with Crippen LogP contribution in [0.15, 0.2) is 53.1 Å². The Bertz CT molecular complexity index is 1650. The van der Waals surface area contributed by atoms with Crippen molar-refractivity contribution in [3.63, 3.8) is 0 Å². The molecule has 0 radical (unpaired) electrons. The molecule has 1 saturated carbocycles. The Morgan fingerprint density at radius 1 is 0.976 bits per heavy atom. The number of aryl methyl sites for hydroxylation is 1. The van der Waals surface area contributed by atoms with Crippen molar-refractivity contribution < 1.29 is 36.4 Å². The van der Waals surface area contributed by atoms with E-state index in [1.807, 2.05) is 18.2 Å². The topological polar surface area (TPSA) is 79.5 Å². The zero-order chi connectivity index (χ0) is 28.3. The number of carbonyl (C=O) groups is 1. The van der Waals surface area contributed by atoms with Crippen LogP contribution in [0.2, 0.25) is 0 Å². The lowest BCUT2D eigenvalue weighted by Crippen LogP contribution is -2.44. The summed E-state index contributed by atoms with van der Waals surface area (Å²) < 4.78 is 75.3. The Kier molecular flexibility index (Phi) is 7.37. The quantitative estimate of drug-likeness (QED) is 0.246. The number of rotatable bonds is 5. The number of hydrogen-bond donors (Lipinski definition) is 1. The van der Waals surface area contributed by atoms with Crippen molar-refractivity contribution in [3.8, 4) is 34.0 Å². The minimum absolute atomic E-state index is 0. The molecule has 214 valence electrons. The average molecular weight is 592 g/mol. The summed E-state index contributed by atoms with van der Waals surface area (Å²) in [5.74, 6) is -3.31. The second kappa shape index (κ2) is 10.5. The zero-order valence-electron chi connectivity index (χ0n) is 21.5. The Morgan fingerprint density at radius 3 is 2.41 bits per heavy atom. The molecule has 1 fully saturated rings. The van der Waals surface area contributed by atoms with Crippen LogP contribution in [0.3, 0.4) is 0 Å². The molecule has 1 N–H and O–H groups in total. The molecule has 1 aliphatic carbocycles. The summed E-state index contributed by atoms with van der Waals surface area (Å²) in [4.78, 5) is 17.7. The maximum atomic E-state index is 15.2. The fourth-order valence-corrected chi connectivity index (χ4v) is 5.53. The lowest BCUT2D eigenvalue weighted by molar-refractivity contribution is -0.147. The standard InChI is InChI=1S/C29H22F5N3O3.ClH/c1-14-7-22(24(31)11-21(14)20-3-2-4-23(30)25(20)29(32,33)34)27-35-26(36-40-27)15-5-6-16-12-37(13-18(16)8-15)19-9-17(10-19)28(38)39;/h2-8,11,17,19H,9-10,12-13H2,1H3,(H,38,39);1H. The number of aliphatic carboxylic acids is 1. The number of carboxylic acid groups (broad SMARTS) is 1. The molecule has 1 aliphatic heterocycles. The molecule has 0 atom stereocenters. The van der Waals surface area contributed by atoms with Crippen molar-refractivity contribution in [3.05, 3.63) is 82.4 Å². The van der Waals surface area contributed by atoms with E-state index < -0.39 is 34.9 Å². The first-order valence-corrected chi connectivity index (χ1v) is 12.6. The minimum atomic E-state index is -4.96. The van der Waals surface area contributed by atoms with Gasteiger partial charge in [-0.1, -0.05) is 29.4 Å². The van der Waals surface area contributed by atoms with Crippen LogP contribution in [-0.2, 0) is 24.1 Å². The molecule has 2 aliphatic rings. The molecule has 3 aromatic carbocycles. The van der Waals surface area contributed by atoms with Crippen LogP contribution in [0.4, 0.5) is 22.0 Å². The number of benzene rings is 3. The van der Waals surface area contributed by atoms with E-state index in [0.717, 1.165) is 35.9 Å². The lowest BCUT2D eigenvalue weighted by atomic mass is 9.79. The van der Waals surface area contributed by atoms with Crippen LogP contribution in [0, 0.1) is 24.5 Å². The monoisotopic (exact) mass is 591 g/mol.